The predicted molar refractivity (Wildman–Crippen MR) is 56.1 cm³/mol. The van der Waals surface area contributed by atoms with Crippen LogP contribution in [-0.4, -0.2) is 18.0 Å². The Morgan fingerprint density at radius 1 is 1.43 bits per heavy atom. The number of hydrogen-bond acceptors (Lipinski definition) is 2. The summed E-state index contributed by atoms with van der Waals surface area (Å²) < 4.78 is 0. The first kappa shape index (κ1) is 9.21. The smallest absolute Gasteiger partial charge is 0.246 e. The van der Waals surface area contributed by atoms with Gasteiger partial charge in [0.1, 0.15) is 6.04 Å². The number of aryl methyl sites for hydroxylation is 1. The van der Waals surface area contributed by atoms with Gasteiger partial charge < -0.3 is 10.6 Å². The van der Waals surface area contributed by atoms with Crippen LogP contribution in [0, 0.1) is 6.92 Å². The third kappa shape index (κ3) is 1.21. The van der Waals surface area contributed by atoms with Gasteiger partial charge in [-0.05, 0) is 31.5 Å². The third-order valence-electron chi connectivity index (χ3n) is 2.73. The molecule has 14 heavy (non-hydrogen) atoms. The van der Waals surface area contributed by atoms with Crippen molar-refractivity contribution in [2.24, 2.45) is 5.73 Å². The number of carbonyl (C=O) groups is 1. The van der Waals surface area contributed by atoms with Crippen molar-refractivity contribution < 1.29 is 4.79 Å². The summed E-state index contributed by atoms with van der Waals surface area (Å²) in [5, 5.41) is 0. The summed E-state index contributed by atoms with van der Waals surface area (Å²) in [6.07, 6.45) is 0. The van der Waals surface area contributed by atoms with Crippen LogP contribution in [0.5, 0.6) is 0 Å². The van der Waals surface area contributed by atoms with Gasteiger partial charge in [-0.25, -0.2) is 0 Å². The molecule has 74 valence electrons. The van der Waals surface area contributed by atoms with E-state index in [0.29, 0.717) is 0 Å². The van der Waals surface area contributed by atoms with Gasteiger partial charge in [-0.3, -0.25) is 4.79 Å². The van der Waals surface area contributed by atoms with E-state index in [0.717, 1.165) is 11.3 Å². The van der Waals surface area contributed by atoms with E-state index in [1.165, 1.54) is 0 Å². The lowest BCUT2D eigenvalue weighted by Gasteiger charge is -2.43. The summed E-state index contributed by atoms with van der Waals surface area (Å²) in [7, 11) is 0. The van der Waals surface area contributed by atoms with E-state index in [1.54, 1.807) is 4.90 Å². The molecular formula is C11H14N2O. The summed E-state index contributed by atoms with van der Waals surface area (Å²) in [5.74, 6) is 0.0168. The summed E-state index contributed by atoms with van der Waals surface area (Å²) in [6, 6.07) is 7.69. The van der Waals surface area contributed by atoms with Crippen LogP contribution in [0.25, 0.3) is 0 Å². The van der Waals surface area contributed by atoms with E-state index >= 15 is 0 Å². The van der Waals surface area contributed by atoms with Crippen molar-refractivity contribution in [1.29, 1.82) is 0 Å². The number of nitrogens with two attached hydrogens (primary N) is 1. The fourth-order valence-corrected chi connectivity index (χ4v) is 1.79. The molecule has 1 heterocycles. The Kier molecular flexibility index (Phi) is 2.04. The first-order chi connectivity index (χ1) is 6.61. The topological polar surface area (TPSA) is 46.3 Å². The number of rotatable bonds is 1. The lowest BCUT2D eigenvalue weighted by molar-refractivity contribution is -0.125. The average Bonchev–Trinajstić information content (AvgIpc) is 2.18. The van der Waals surface area contributed by atoms with E-state index in [2.05, 4.69) is 0 Å². The molecule has 0 saturated carbocycles. The SMILES string of the molecule is Cc1cccc(N2C(=O)[C@@H](N)[C@H]2C)c1. The van der Waals surface area contributed by atoms with Crippen LogP contribution in [0.1, 0.15) is 12.5 Å². The molecule has 1 aromatic carbocycles. The van der Waals surface area contributed by atoms with Gasteiger partial charge in [0, 0.05) is 5.69 Å². The largest absolute Gasteiger partial charge is 0.318 e. The molecule has 0 bridgehead atoms. The van der Waals surface area contributed by atoms with Gasteiger partial charge >= 0.3 is 0 Å². The fourth-order valence-electron chi connectivity index (χ4n) is 1.79. The van der Waals surface area contributed by atoms with E-state index in [4.69, 9.17) is 5.73 Å². The lowest BCUT2D eigenvalue weighted by Crippen LogP contribution is -2.67. The Labute approximate surface area is 83.5 Å². The number of benzene rings is 1. The highest BCUT2D eigenvalue weighted by atomic mass is 16.2. The molecule has 0 unspecified atom stereocenters. The average molecular weight is 190 g/mol. The number of hydrogen-bond donors (Lipinski definition) is 1. The number of β-lactam (4-membered cyclic amide) rings is 1. The standard InChI is InChI=1S/C11H14N2O/c1-7-4-3-5-9(6-7)13-8(2)10(12)11(13)14/h3-6,8,10H,12H2,1-2H3/t8-,10+/m1/s1. The molecule has 2 atom stereocenters. The Balaban J connectivity index is 2.29. The van der Waals surface area contributed by atoms with Crippen molar-refractivity contribution in [1.82, 2.24) is 0 Å². The first-order valence-corrected chi connectivity index (χ1v) is 4.76. The Hall–Kier alpha value is -1.35. The van der Waals surface area contributed by atoms with Gasteiger partial charge in [0.15, 0.2) is 0 Å². The zero-order valence-corrected chi connectivity index (χ0v) is 8.40. The van der Waals surface area contributed by atoms with E-state index in [-0.39, 0.29) is 18.0 Å². The third-order valence-corrected chi connectivity index (χ3v) is 2.73. The van der Waals surface area contributed by atoms with E-state index in [9.17, 15) is 4.79 Å². The molecule has 0 aliphatic carbocycles. The van der Waals surface area contributed by atoms with Crippen LogP contribution in [-0.2, 0) is 4.79 Å². The molecule has 0 radical (unpaired) electrons. The quantitative estimate of drug-likeness (QED) is 0.673. The van der Waals surface area contributed by atoms with E-state index in [1.807, 2.05) is 38.1 Å². The molecule has 2 N–H and O–H groups in total. The van der Waals surface area contributed by atoms with Crippen molar-refractivity contribution in [3.05, 3.63) is 29.8 Å². The van der Waals surface area contributed by atoms with Crippen LogP contribution in [0.3, 0.4) is 0 Å². The van der Waals surface area contributed by atoms with Crippen LogP contribution >= 0.6 is 0 Å². The molecule has 0 spiro atoms. The fraction of sp³-hybridized carbons (Fsp3) is 0.364. The summed E-state index contributed by atoms with van der Waals surface area (Å²) >= 11 is 0. The van der Waals surface area contributed by atoms with Gasteiger partial charge in [0.25, 0.3) is 0 Å². The zero-order valence-electron chi connectivity index (χ0n) is 8.40. The second-order valence-corrected chi connectivity index (χ2v) is 3.81. The van der Waals surface area contributed by atoms with E-state index < -0.39 is 0 Å². The van der Waals surface area contributed by atoms with Gasteiger partial charge in [-0.15, -0.1) is 0 Å². The summed E-state index contributed by atoms with van der Waals surface area (Å²) in [4.78, 5) is 13.2. The molecule has 1 aromatic rings. The molecule has 0 aromatic heterocycles. The second-order valence-electron chi connectivity index (χ2n) is 3.81. The zero-order chi connectivity index (χ0) is 10.3. The van der Waals surface area contributed by atoms with Crippen LogP contribution in [0.2, 0.25) is 0 Å². The van der Waals surface area contributed by atoms with Crippen LogP contribution < -0.4 is 10.6 Å². The van der Waals surface area contributed by atoms with Crippen molar-refractivity contribution >= 4 is 11.6 Å². The first-order valence-electron chi connectivity index (χ1n) is 4.76. The molecule has 1 fully saturated rings. The number of carbonyl (C=O) groups excluding carboxylic acids is 1. The number of nitrogens with zero attached hydrogens (tertiary/aromatic N) is 1. The van der Waals surface area contributed by atoms with Crippen molar-refractivity contribution in [3.63, 3.8) is 0 Å². The van der Waals surface area contributed by atoms with Crippen molar-refractivity contribution in [2.75, 3.05) is 4.90 Å². The highest BCUT2D eigenvalue weighted by molar-refractivity contribution is 6.05. The van der Waals surface area contributed by atoms with Crippen LogP contribution in [0.15, 0.2) is 24.3 Å². The molecule has 1 aliphatic rings. The highest BCUT2D eigenvalue weighted by Crippen LogP contribution is 2.27. The number of amides is 1. The molecule has 1 amide bonds. The Bertz CT molecular complexity index is 375. The molecular weight excluding hydrogens is 176 g/mol. The Morgan fingerprint density at radius 3 is 2.71 bits per heavy atom. The maximum atomic E-state index is 11.5. The van der Waals surface area contributed by atoms with Crippen LogP contribution in [0.4, 0.5) is 5.69 Å². The number of anilines is 1. The maximum Gasteiger partial charge on any atom is 0.246 e. The second kappa shape index (κ2) is 3.10. The van der Waals surface area contributed by atoms with Gasteiger partial charge in [-0.2, -0.15) is 0 Å². The van der Waals surface area contributed by atoms with Crippen molar-refractivity contribution in [2.45, 2.75) is 25.9 Å². The van der Waals surface area contributed by atoms with Gasteiger partial charge in [-0.1, -0.05) is 12.1 Å². The minimum atomic E-state index is -0.324. The molecule has 1 saturated heterocycles. The minimum absolute atomic E-state index is 0.0168. The monoisotopic (exact) mass is 190 g/mol. The van der Waals surface area contributed by atoms with Crippen molar-refractivity contribution in [3.8, 4) is 0 Å². The summed E-state index contributed by atoms with van der Waals surface area (Å²) in [5.41, 5.74) is 7.74. The maximum absolute atomic E-state index is 11.5. The Morgan fingerprint density at radius 2 is 2.14 bits per heavy atom. The molecule has 1 aliphatic heterocycles. The lowest BCUT2D eigenvalue weighted by atomic mass is 9.96. The normalized spacial score (nSPS) is 26.2. The predicted octanol–water partition coefficient (Wildman–Crippen LogP) is 1.06. The molecule has 3 nitrogen and oxygen atoms in total. The molecule has 3 heteroatoms. The highest BCUT2D eigenvalue weighted by Gasteiger charge is 2.42. The van der Waals surface area contributed by atoms with Gasteiger partial charge in [0.05, 0.1) is 6.04 Å². The minimum Gasteiger partial charge on any atom is -0.318 e. The van der Waals surface area contributed by atoms with Gasteiger partial charge in [0.2, 0.25) is 5.91 Å². The molecule has 2 rings (SSSR count). The summed E-state index contributed by atoms with van der Waals surface area (Å²) in [6.45, 7) is 3.98.